The molecule has 2 rings (SSSR count). The number of hydrogen-bond acceptors (Lipinski definition) is 3. The zero-order valence-corrected chi connectivity index (χ0v) is 9.57. The summed E-state index contributed by atoms with van der Waals surface area (Å²) in [6.45, 7) is 4.62. The van der Waals surface area contributed by atoms with Crippen LogP contribution in [-0.2, 0) is 5.41 Å². The van der Waals surface area contributed by atoms with Crippen molar-refractivity contribution in [3.63, 3.8) is 0 Å². The Hall–Kier alpha value is -1.68. The third-order valence-corrected chi connectivity index (χ3v) is 2.66. The second-order valence-electron chi connectivity index (χ2n) is 4.45. The maximum absolute atomic E-state index is 5.72. The Morgan fingerprint density at radius 2 is 2.19 bits per heavy atom. The fourth-order valence-electron chi connectivity index (χ4n) is 1.42. The first-order valence-corrected chi connectivity index (χ1v) is 5.30. The van der Waals surface area contributed by atoms with Crippen molar-refractivity contribution in [3.05, 3.63) is 36.5 Å². The average Bonchev–Trinajstić information content (AvgIpc) is 2.83. The van der Waals surface area contributed by atoms with Gasteiger partial charge >= 0.3 is 0 Å². The van der Waals surface area contributed by atoms with Crippen LogP contribution >= 0.6 is 0 Å². The molecule has 2 heterocycles. The number of hydrogen-bond donors (Lipinski definition) is 2. The largest absolute Gasteiger partial charge is 0.367 e. The number of aromatic nitrogens is 3. The van der Waals surface area contributed by atoms with Gasteiger partial charge in [-0.15, -0.1) is 0 Å². The molecule has 0 fully saturated rings. The van der Waals surface area contributed by atoms with Crippen LogP contribution in [0.2, 0.25) is 0 Å². The summed E-state index contributed by atoms with van der Waals surface area (Å²) in [5.74, 6) is 0.786. The molecule has 0 bridgehead atoms. The van der Waals surface area contributed by atoms with E-state index in [0.29, 0.717) is 6.54 Å². The van der Waals surface area contributed by atoms with Gasteiger partial charge < -0.3 is 10.7 Å². The molecule has 84 valence electrons. The maximum Gasteiger partial charge on any atom is 0.135 e. The van der Waals surface area contributed by atoms with Crippen molar-refractivity contribution in [2.75, 3.05) is 6.54 Å². The SMILES string of the molecule is CC(C)(CN)c1nccc(-c2cc[nH]c2)n1. The summed E-state index contributed by atoms with van der Waals surface area (Å²) < 4.78 is 0. The highest BCUT2D eigenvalue weighted by molar-refractivity contribution is 5.57. The van der Waals surface area contributed by atoms with Crippen LogP contribution < -0.4 is 5.73 Å². The lowest BCUT2D eigenvalue weighted by Crippen LogP contribution is -2.30. The molecular formula is C12H16N4. The molecule has 0 aliphatic carbocycles. The van der Waals surface area contributed by atoms with E-state index in [1.165, 1.54) is 0 Å². The van der Waals surface area contributed by atoms with Crippen LogP contribution in [0.25, 0.3) is 11.3 Å². The molecular weight excluding hydrogens is 200 g/mol. The molecule has 4 nitrogen and oxygen atoms in total. The minimum Gasteiger partial charge on any atom is -0.367 e. The Kier molecular flexibility index (Phi) is 2.75. The standard InChI is InChI=1S/C12H16N4/c1-12(2,8-13)11-15-6-4-10(16-11)9-3-5-14-7-9/h3-7,14H,8,13H2,1-2H3. The van der Waals surface area contributed by atoms with E-state index < -0.39 is 0 Å². The van der Waals surface area contributed by atoms with Gasteiger partial charge in [-0.3, -0.25) is 0 Å². The van der Waals surface area contributed by atoms with Crippen LogP contribution in [0.15, 0.2) is 30.7 Å². The van der Waals surface area contributed by atoms with E-state index in [1.54, 1.807) is 6.20 Å². The lowest BCUT2D eigenvalue weighted by atomic mass is 9.92. The number of H-pyrrole nitrogens is 1. The van der Waals surface area contributed by atoms with Crippen molar-refractivity contribution >= 4 is 0 Å². The molecule has 3 N–H and O–H groups in total. The highest BCUT2D eigenvalue weighted by atomic mass is 14.9. The van der Waals surface area contributed by atoms with Crippen molar-refractivity contribution < 1.29 is 0 Å². The zero-order valence-electron chi connectivity index (χ0n) is 9.57. The summed E-state index contributed by atoms with van der Waals surface area (Å²) in [5.41, 5.74) is 7.52. The minimum absolute atomic E-state index is 0.188. The summed E-state index contributed by atoms with van der Waals surface area (Å²) in [6.07, 6.45) is 5.58. The van der Waals surface area contributed by atoms with Gasteiger partial charge in [-0.25, -0.2) is 9.97 Å². The first kappa shape index (κ1) is 10.8. The van der Waals surface area contributed by atoms with Gasteiger partial charge in [0.25, 0.3) is 0 Å². The van der Waals surface area contributed by atoms with E-state index in [-0.39, 0.29) is 5.41 Å². The van der Waals surface area contributed by atoms with Gasteiger partial charge in [0.1, 0.15) is 5.82 Å². The van der Waals surface area contributed by atoms with Crippen LogP contribution in [-0.4, -0.2) is 21.5 Å². The van der Waals surface area contributed by atoms with Crippen LogP contribution in [0.5, 0.6) is 0 Å². The molecule has 16 heavy (non-hydrogen) atoms. The quantitative estimate of drug-likeness (QED) is 0.820. The maximum atomic E-state index is 5.72. The Morgan fingerprint density at radius 3 is 2.81 bits per heavy atom. The summed E-state index contributed by atoms with van der Waals surface area (Å²) in [6, 6.07) is 3.89. The third-order valence-electron chi connectivity index (χ3n) is 2.66. The molecule has 0 unspecified atom stereocenters. The molecule has 0 aliphatic heterocycles. The van der Waals surface area contributed by atoms with Crippen molar-refractivity contribution in [1.82, 2.24) is 15.0 Å². The molecule has 0 radical (unpaired) electrons. The van der Waals surface area contributed by atoms with E-state index in [0.717, 1.165) is 17.1 Å². The first-order valence-electron chi connectivity index (χ1n) is 5.30. The lowest BCUT2D eigenvalue weighted by Gasteiger charge is -2.20. The molecule has 0 saturated heterocycles. The van der Waals surface area contributed by atoms with E-state index >= 15 is 0 Å². The van der Waals surface area contributed by atoms with Crippen molar-refractivity contribution in [2.24, 2.45) is 5.73 Å². The molecule has 0 spiro atoms. The summed E-state index contributed by atoms with van der Waals surface area (Å²) in [4.78, 5) is 11.9. The molecule has 4 heteroatoms. The number of nitrogens with two attached hydrogens (primary N) is 1. The van der Waals surface area contributed by atoms with Crippen LogP contribution in [0, 0.1) is 0 Å². The highest BCUT2D eigenvalue weighted by Crippen LogP contribution is 2.21. The van der Waals surface area contributed by atoms with Gasteiger partial charge in [-0.2, -0.15) is 0 Å². The molecule has 0 amide bonds. The van der Waals surface area contributed by atoms with E-state index in [2.05, 4.69) is 15.0 Å². The van der Waals surface area contributed by atoms with E-state index in [1.807, 2.05) is 38.4 Å². The van der Waals surface area contributed by atoms with Gasteiger partial charge in [0.05, 0.1) is 5.69 Å². The van der Waals surface area contributed by atoms with Crippen LogP contribution in [0.3, 0.4) is 0 Å². The molecule has 2 aromatic rings. The second kappa shape index (κ2) is 4.06. The van der Waals surface area contributed by atoms with Gasteiger partial charge in [0.2, 0.25) is 0 Å². The molecule has 0 saturated carbocycles. The lowest BCUT2D eigenvalue weighted by molar-refractivity contribution is 0.503. The zero-order chi connectivity index (χ0) is 11.6. The number of nitrogens with one attached hydrogen (secondary N) is 1. The van der Waals surface area contributed by atoms with Gasteiger partial charge in [-0.1, -0.05) is 13.8 Å². The predicted octanol–water partition coefficient (Wildman–Crippen LogP) is 1.71. The Bertz CT molecular complexity index is 460. The third kappa shape index (κ3) is 1.97. The Morgan fingerprint density at radius 1 is 1.38 bits per heavy atom. The summed E-state index contributed by atoms with van der Waals surface area (Å²) in [5, 5.41) is 0. The molecule has 0 aromatic carbocycles. The smallest absolute Gasteiger partial charge is 0.135 e. The Balaban J connectivity index is 2.41. The summed E-state index contributed by atoms with van der Waals surface area (Å²) >= 11 is 0. The average molecular weight is 216 g/mol. The fourth-order valence-corrected chi connectivity index (χ4v) is 1.42. The van der Waals surface area contributed by atoms with Gasteiger partial charge in [0, 0.05) is 36.1 Å². The number of nitrogens with zero attached hydrogens (tertiary/aromatic N) is 2. The van der Waals surface area contributed by atoms with Crippen LogP contribution in [0.1, 0.15) is 19.7 Å². The number of rotatable bonds is 3. The fraction of sp³-hybridized carbons (Fsp3) is 0.333. The molecule has 0 aliphatic rings. The molecule has 2 aromatic heterocycles. The topological polar surface area (TPSA) is 67.6 Å². The normalized spacial score (nSPS) is 11.7. The molecule has 0 atom stereocenters. The summed E-state index contributed by atoms with van der Waals surface area (Å²) in [7, 11) is 0. The van der Waals surface area contributed by atoms with Crippen molar-refractivity contribution in [2.45, 2.75) is 19.3 Å². The predicted molar refractivity (Wildman–Crippen MR) is 63.9 cm³/mol. The van der Waals surface area contributed by atoms with Crippen molar-refractivity contribution in [1.29, 1.82) is 0 Å². The monoisotopic (exact) mass is 216 g/mol. The highest BCUT2D eigenvalue weighted by Gasteiger charge is 2.22. The number of aromatic amines is 1. The van der Waals surface area contributed by atoms with Crippen LogP contribution in [0.4, 0.5) is 0 Å². The Labute approximate surface area is 94.9 Å². The second-order valence-corrected chi connectivity index (χ2v) is 4.45. The van der Waals surface area contributed by atoms with Crippen molar-refractivity contribution in [3.8, 4) is 11.3 Å². The van der Waals surface area contributed by atoms with Gasteiger partial charge in [-0.05, 0) is 12.1 Å². The van der Waals surface area contributed by atoms with E-state index in [4.69, 9.17) is 5.73 Å². The minimum atomic E-state index is -0.188. The first-order chi connectivity index (χ1) is 7.63. The van der Waals surface area contributed by atoms with Gasteiger partial charge in [0.15, 0.2) is 0 Å². The van der Waals surface area contributed by atoms with E-state index in [9.17, 15) is 0 Å².